The normalized spacial score (nSPS) is 19.4. The van der Waals surface area contributed by atoms with Gasteiger partial charge in [-0.3, -0.25) is 19.6 Å². The van der Waals surface area contributed by atoms with Crippen LogP contribution in [-0.4, -0.2) is 67.4 Å². The van der Waals surface area contributed by atoms with E-state index in [1.165, 1.54) is 17.9 Å². The van der Waals surface area contributed by atoms with Crippen molar-refractivity contribution >= 4 is 17.7 Å². The SMILES string of the molecule is CC(=O)NC[C@H]1CN(c2ccc(-c3ccnc(CN4CCOCC4)c3)c(F)c2)C(=O)O1. The number of pyridine rings is 1. The molecule has 0 aliphatic carbocycles. The molecule has 1 aromatic carbocycles. The van der Waals surface area contributed by atoms with E-state index in [0.717, 1.165) is 24.3 Å². The number of ether oxygens (including phenoxy) is 2. The van der Waals surface area contributed by atoms with Crippen molar-refractivity contribution in [3.63, 3.8) is 0 Å². The molecule has 4 rings (SSSR count). The molecule has 0 spiro atoms. The number of benzene rings is 1. The van der Waals surface area contributed by atoms with Crippen LogP contribution in [0.3, 0.4) is 0 Å². The van der Waals surface area contributed by atoms with E-state index in [4.69, 9.17) is 9.47 Å². The summed E-state index contributed by atoms with van der Waals surface area (Å²) < 4.78 is 25.6. The number of amides is 2. The summed E-state index contributed by atoms with van der Waals surface area (Å²) in [6.07, 6.45) is 0.657. The molecule has 2 fully saturated rings. The molecule has 3 heterocycles. The van der Waals surface area contributed by atoms with Crippen molar-refractivity contribution in [3.8, 4) is 11.1 Å². The molecule has 164 valence electrons. The maximum atomic E-state index is 15.0. The number of cyclic esters (lactones) is 1. The summed E-state index contributed by atoms with van der Waals surface area (Å²) in [4.78, 5) is 31.3. The van der Waals surface area contributed by atoms with Crippen LogP contribution in [0, 0.1) is 5.82 Å². The van der Waals surface area contributed by atoms with Gasteiger partial charge < -0.3 is 14.8 Å². The lowest BCUT2D eigenvalue weighted by Crippen LogP contribution is -2.35. The number of anilines is 1. The molecule has 2 amide bonds. The number of hydrogen-bond donors (Lipinski definition) is 1. The number of carbonyl (C=O) groups excluding carboxylic acids is 2. The van der Waals surface area contributed by atoms with Crippen LogP contribution in [0.25, 0.3) is 11.1 Å². The highest BCUT2D eigenvalue weighted by Crippen LogP contribution is 2.29. The van der Waals surface area contributed by atoms with Crippen molar-refractivity contribution in [1.82, 2.24) is 15.2 Å². The van der Waals surface area contributed by atoms with Gasteiger partial charge in [0.1, 0.15) is 11.9 Å². The minimum Gasteiger partial charge on any atom is -0.442 e. The number of rotatable bonds is 6. The standard InChI is InChI=1S/C22H25FN4O4/c1-15(28)25-12-19-14-27(22(29)31-19)18-2-3-20(21(23)11-18)16-4-5-24-17(10-16)13-26-6-8-30-9-7-26/h2-5,10-11,19H,6-9,12-14H2,1H3,(H,25,28)/t19-/m0/s1. The van der Waals surface area contributed by atoms with E-state index in [-0.39, 0.29) is 19.0 Å². The molecule has 31 heavy (non-hydrogen) atoms. The first-order valence-corrected chi connectivity index (χ1v) is 10.3. The predicted octanol–water partition coefficient (Wildman–Crippen LogP) is 2.18. The summed E-state index contributed by atoms with van der Waals surface area (Å²) >= 11 is 0. The predicted molar refractivity (Wildman–Crippen MR) is 112 cm³/mol. The molecule has 0 saturated carbocycles. The highest BCUT2D eigenvalue weighted by atomic mass is 19.1. The average Bonchev–Trinajstić information content (AvgIpc) is 3.14. The Morgan fingerprint density at radius 1 is 1.26 bits per heavy atom. The lowest BCUT2D eigenvalue weighted by Gasteiger charge is -2.26. The summed E-state index contributed by atoms with van der Waals surface area (Å²) in [6.45, 7) is 5.67. The van der Waals surface area contributed by atoms with E-state index in [2.05, 4.69) is 15.2 Å². The number of morpholine rings is 1. The highest BCUT2D eigenvalue weighted by Gasteiger charge is 2.32. The summed E-state index contributed by atoms with van der Waals surface area (Å²) in [6, 6.07) is 8.35. The molecule has 0 unspecified atom stereocenters. The number of halogens is 1. The highest BCUT2D eigenvalue weighted by molar-refractivity contribution is 5.90. The third kappa shape index (κ3) is 5.18. The first kappa shape index (κ1) is 21.2. The Morgan fingerprint density at radius 3 is 2.81 bits per heavy atom. The van der Waals surface area contributed by atoms with E-state index in [1.807, 2.05) is 6.07 Å². The minimum absolute atomic E-state index is 0.199. The molecule has 1 N–H and O–H groups in total. The lowest BCUT2D eigenvalue weighted by molar-refractivity contribution is -0.119. The fourth-order valence-corrected chi connectivity index (χ4v) is 3.72. The average molecular weight is 428 g/mol. The summed E-state index contributed by atoms with van der Waals surface area (Å²) in [5, 5.41) is 2.62. The van der Waals surface area contributed by atoms with Gasteiger partial charge in [0.25, 0.3) is 0 Å². The van der Waals surface area contributed by atoms with Crippen LogP contribution >= 0.6 is 0 Å². The Bertz CT molecular complexity index is 964. The fraction of sp³-hybridized carbons (Fsp3) is 0.409. The minimum atomic E-state index is -0.556. The van der Waals surface area contributed by atoms with Crippen molar-refractivity contribution in [2.45, 2.75) is 19.6 Å². The van der Waals surface area contributed by atoms with Crippen LogP contribution in [0.15, 0.2) is 36.5 Å². The zero-order valence-electron chi connectivity index (χ0n) is 17.3. The van der Waals surface area contributed by atoms with Crippen LogP contribution in [0.5, 0.6) is 0 Å². The Morgan fingerprint density at radius 2 is 2.06 bits per heavy atom. The third-order valence-corrected chi connectivity index (χ3v) is 5.33. The molecule has 2 saturated heterocycles. The van der Waals surface area contributed by atoms with Crippen LogP contribution in [0.4, 0.5) is 14.9 Å². The van der Waals surface area contributed by atoms with Gasteiger partial charge in [0.15, 0.2) is 0 Å². The van der Waals surface area contributed by atoms with Gasteiger partial charge in [-0.15, -0.1) is 0 Å². The number of nitrogens with zero attached hydrogens (tertiary/aromatic N) is 3. The molecule has 0 radical (unpaired) electrons. The van der Waals surface area contributed by atoms with Gasteiger partial charge in [-0.2, -0.15) is 0 Å². The summed E-state index contributed by atoms with van der Waals surface area (Å²) in [5.41, 5.74) is 2.46. The number of hydrogen-bond acceptors (Lipinski definition) is 6. The van der Waals surface area contributed by atoms with E-state index in [1.54, 1.807) is 24.4 Å². The number of aromatic nitrogens is 1. The Hall–Kier alpha value is -3.04. The molecule has 2 aromatic rings. The first-order chi connectivity index (χ1) is 15.0. The third-order valence-electron chi connectivity index (χ3n) is 5.33. The van der Waals surface area contributed by atoms with Crippen molar-refractivity contribution in [2.24, 2.45) is 0 Å². The van der Waals surface area contributed by atoms with Crippen molar-refractivity contribution in [3.05, 3.63) is 48.0 Å². The smallest absolute Gasteiger partial charge is 0.414 e. The van der Waals surface area contributed by atoms with Crippen molar-refractivity contribution in [2.75, 3.05) is 44.3 Å². The fourth-order valence-electron chi connectivity index (χ4n) is 3.72. The van der Waals surface area contributed by atoms with E-state index >= 15 is 0 Å². The topological polar surface area (TPSA) is 84.0 Å². The van der Waals surface area contributed by atoms with E-state index < -0.39 is 18.0 Å². The van der Waals surface area contributed by atoms with E-state index in [9.17, 15) is 14.0 Å². The Kier molecular flexibility index (Phi) is 6.43. The molecular weight excluding hydrogens is 403 g/mol. The number of carbonyl (C=O) groups is 2. The molecular formula is C22H25FN4O4. The molecule has 9 heteroatoms. The quantitative estimate of drug-likeness (QED) is 0.759. The van der Waals surface area contributed by atoms with Crippen LogP contribution in [-0.2, 0) is 20.8 Å². The van der Waals surface area contributed by atoms with Gasteiger partial charge in [-0.25, -0.2) is 9.18 Å². The largest absolute Gasteiger partial charge is 0.442 e. The molecule has 1 atom stereocenters. The molecule has 1 aromatic heterocycles. The zero-order chi connectivity index (χ0) is 21.8. The Labute approximate surface area is 179 Å². The summed E-state index contributed by atoms with van der Waals surface area (Å²) in [5.74, 6) is -0.630. The van der Waals surface area contributed by atoms with Crippen molar-refractivity contribution in [1.29, 1.82) is 0 Å². The van der Waals surface area contributed by atoms with Crippen LogP contribution in [0.2, 0.25) is 0 Å². The summed E-state index contributed by atoms with van der Waals surface area (Å²) in [7, 11) is 0. The monoisotopic (exact) mass is 428 g/mol. The second-order valence-corrected chi connectivity index (χ2v) is 7.64. The van der Waals surface area contributed by atoms with Crippen molar-refractivity contribution < 1.29 is 23.5 Å². The van der Waals surface area contributed by atoms with Gasteiger partial charge in [0.2, 0.25) is 5.91 Å². The maximum absolute atomic E-state index is 15.0. The molecule has 0 bridgehead atoms. The number of nitrogens with one attached hydrogen (secondary N) is 1. The Balaban J connectivity index is 1.47. The van der Waals surface area contributed by atoms with Gasteiger partial charge in [-0.1, -0.05) is 0 Å². The van der Waals surface area contributed by atoms with Gasteiger partial charge in [-0.05, 0) is 35.9 Å². The maximum Gasteiger partial charge on any atom is 0.414 e. The van der Waals surface area contributed by atoms with Gasteiger partial charge >= 0.3 is 6.09 Å². The molecule has 2 aliphatic heterocycles. The van der Waals surface area contributed by atoms with Gasteiger partial charge in [0, 0.05) is 38.3 Å². The second-order valence-electron chi connectivity index (χ2n) is 7.64. The molecule has 2 aliphatic rings. The molecule has 8 nitrogen and oxygen atoms in total. The van der Waals surface area contributed by atoms with Crippen LogP contribution in [0.1, 0.15) is 12.6 Å². The zero-order valence-corrected chi connectivity index (χ0v) is 17.3. The second kappa shape index (κ2) is 9.40. The van der Waals surface area contributed by atoms with Crippen LogP contribution < -0.4 is 10.2 Å². The van der Waals surface area contributed by atoms with Gasteiger partial charge in [0.05, 0.1) is 37.7 Å². The van der Waals surface area contributed by atoms with E-state index in [0.29, 0.717) is 31.0 Å². The lowest BCUT2D eigenvalue weighted by atomic mass is 10.0. The first-order valence-electron chi connectivity index (χ1n) is 10.3.